The number of ether oxygens (including phenoxy) is 1. The lowest BCUT2D eigenvalue weighted by Gasteiger charge is -2.00. The summed E-state index contributed by atoms with van der Waals surface area (Å²) in [5, 5.41) is 0. The van der Waals surface area contributed by atoms with Gasteiger partial charge in [-0.3, -0.25) is 4.79 Å². The lowest BCUT2D eigenvalue weighted by atomic mass is 10.2. The largest absolute Gasteiger partial charge is 0.482 e. The Morgan fingerprint density at radius 3 is 3.00 bits per heavy atom. The average molecular weight is 215 g/mol. The molecule has 0 fully saturated rings. The molecule has 1 aromatic rings. The molecule has 0 spiro atoms. The molecule has 0 radical (unpaired) electrons. The van der Waals surface area contributed by atoms with E-state index in [-0.39, 0.29) is 0 Å². The van der Waals surface area contributed by atoms with Gasteiger partial charge in [-0.25, -0.2) is 0 Å². The fourth-order valence-electron chi connectivity index (χ4n) is 0.741. The molecule has 1 aromatic carbocycles. The summed E-state index contributed by atoms with van der Waals surface area (Å²) < 4.78 is 5.11. The summed E-state index contributed by atoms with van der Waals surface area (Å²) in [4.78, 5) is 10.3. The topological polar surface area (TPSA) is 26.3 Å². The molecule has 0 aliphatic carbocycles. The van der Waals surface area contributed by atoms with Gasteiger partial charge in [0.1, 0.15) is 17.6 Å². The van der Waals surface area contributed by atoms with Crippen LogP contribution in [-0.4, -0.2) is 11.8 Å². The Labute approximate surface area is 73.3 Å². The third-order valence-corrected chi connectivity index (χ3v) is 1.44. The van der Waals surface area contributed by atoms with Crippen molar-refractivity contribution in [1.29, 1.82) is 0 Å². The molecule has 1 rings (SSSR count). The van der Waals surface area contributed by atoms with Crippen LogP contribution in [0, 0.1) is 0 Å². The van der Waals surface area contributed by atoms with E-state index in [2.05, 4.69) is 15.9 Å². The van der Waals surface area contributed by atoms with E-state index in [9.17, 15) is 4.79 Å². The highest BCUT2D eigenvalue weighted by atomic mass is 79.9. The molecule has 0 atom stereocenters. The van der Waals surface area contributed by atoms with Crippen molar-refractivity contribution >= 4 is 22.2 Å². The molecular weight excluding hydrogens is 208 g/mol. The van der Waals surface area contributed by atoms with Crippen molar-refractivity contribution in [2.45, 2.75) is 0 Å². The number of carbonyl (C=O) groups excluding carboxylic acids is 1. The van der Waals surface area contributed by atoms with Gasteiger partial charge >= 0.3 is 0 Å². The predicted octanol–water partition coefficient (Wildman–Crippen LogP) is 2.23. The number of halogens is 1. The average Bonchev–Trinajstić information content (AvgIpc) is 2.06. The van der Waals surface area contributed by atoms with Crippen LogP contribution in [0.4, 0.5) is 0 Å². The van der Waals surface area contributed by atoms with Gasteiger partial charge in [-0.05, 0) is 28.1 Å². The van der Waals surface area contributed by atoms with E-state index in [0.29, 0.717) is 16.8 Å². The Morgan fingerprint density at radius 1 is 1.55 bits per heavy atom. The highest BCUT2D eigenvalue weighted by molar-refractivity contribution is 9.09. The van der Waals surface area contributed by atoms with Crippen molar-refractivity contribution < 1.29 is 9.53 Å². The van der Waals surface area contributed by atoms with Crippen LogP contribution >= 0.6 is 15.9 Å². The number of benzene rings is 1. The van der Waals surface area contributed by atoms with E-state index < -0.39 is 0 Å². The fraction of sp³-hybridized carbons (Fsp3) is 0.125. The Morgan fingerprint density at radius 2 is 2.36 bits per heavy atom. The van der Waals surface area contributed by atoms with Crippen molar-refractivity contribution in [2.75, 3.05) is 5.52 Å². The zero-order chi connectivity index (χ0) is 8.10. The van der Waals surface area contributed by atoms with E-state index >= 15 is 0 Å². The van der Waals surface area contributed by atoms with Crippen LogP contribution < -0.4 is 4.74 Å². The number of rotatable bonds is 3. The second-order valence-corrected chi connectivity index (χ2v) is 2.40. The molecular formula is C8H7BrO2. The molecule has 0 heterocycles. The van der Waals surface area contributed by atoms with Crippen LogP contribution in [-0.2, 0) is 0 Å². The van der Waals surface area contributed by atoms with Gasteiger partial charge in [0.2, 0.25) is 0 Å². The van der Waals surface area contributed by atoms with Crippen molar-refractivity contribution in [1.82, 2.24) is 0 Å². The highest BCUT2D eigenvalue weighted by Crippen LogP contribution is 2.12. The standard InChI is InChI=1S/C8H7BrO2/c9-6-11-8-3-1-2-7(4-8)5-10/h1-5H,6H2. The molecule has 0 saturated heterocycles. The third kappa shape index (κ3) is 2.35. The Hall–Kier alpha value is -0.830. The number of carbonyl (C=O) groups is 1. The minimum Gasteiger partial charge on any atom is -0.482 e. The summed E-state index contributed by atoms with van der Waals surface area (Å²) >= 11 is 3.12. The molecule has 0 bridgehead atoms. The van der Waals surface area contributed by atoms with Gasteiger partial charge in [0.25, 0.3) is 0 Å². The number of aldehydes is 1. The normalized spacial score (nSPS) is 9.18. The predicted molar refractivity (Wildman–Crippen MR) is 46.3 cm³/mol. The minimum absolute atomic E-state index is 0.440. The van der Waals surface area contributed by atoms with E-state index in [1.54, 1.807) is 24.3 Å². The summed E-state index contributed by atoms with van der Waals surface area (Å²) in [6.07, 6.45) is 0.793. The van der Waals surface area contributed by atoms with E-state index in [0.717, 1.165) is 6.29 Å². The van der Waals surface area contributed by atoms with Gasteiger partial charge in [-0.15, -0.1) is 0 Å². The Balaban J connectivity index is 2.82. The second-order valence-electron chi connectivity index (χ2n) is 1.94. The molecule has 0 amide bonds. The Bertz CT molecular complexity index is 248. The summed E-state index contributed by atoms with van der Waals surface area (Å²) in [5.74, 6) is 0.700. The monoisotopic (exact) mass is 214 g/mol. The lowest BCUT2D eigenvalue weighted by molar-refractivity contribution is 0.112. The first kappa shape index (κ1) is 8.27. The van der Waals surface area contributed by atoms with Gasteiger partial charge in [0, 0.05) is 5.56 Å². The molecule has 0 aliphatic rings. The van der Waals surface area contributed by atoms with Gasteiger partial charge in [-0.1, -0.05) is 12.1 Å². The maximum absolute atomic E-state index is 10.3. The van der Waals surface area contributed by atoms with Crippen LogP contribution in [0.2, 0.25) is 0 Å². The van der Waals surface area contributed by atoms with E-state index in [1.807, 2.05) is 0 Å². The number of alkyl halides is 1. The van der Waals surface area contributed by atoms with Gasteiger partial charge in [0.15, 0.2) is 0 Å². The molecule has 3 heteroatoms. The smallest absolute Gasteiger partial charge is 0.150 e. The van der Waals surface area contributed by atoms with Crippen LogP contribution in [0.3, 0.4) is 0 Å². The summed E-state index contributed by atoms with van der Waals surface area (Å²) in [6, 6.07) is 7.00. The van der Waals surface area contributed by atoms with Crippen LogP contribution in [0.1, 0.15) is 10.4 Å². The first-order chi connectivity index (χ1) is 5.36. The summed E-state index contributed by atoms with van der Waals surface area (Å²) in [6.45, 7) is 0. The minimum atomic E-state index is 0.440. The van der Waals surface area contributed by atoms with Crippen molar-refractivity contribution in [2.24, 2.45) is 0 Å². The molecule has 0 aliphatic heterocycles. The van der Waals surface area contributed by atoms with E-state index in [4.69, 9.17) is 4.74 Å². The Kier molecular flexibility index (Phi) is 3.11. The fourth-order valence-corrected chi connectivity index (χ4v) is 1.00. The molecule has 0 aromatic heterocycles. The molecule has 0 N–H and O–H groups in total. The molecule has 11 heavy (non-hydrogen) atoms. The lowest BCUT2D eigenvalue weighted by Crippen LogP contribution is -1.89. The second kappa shape index (κ2) is 4.13. The zero-order valence-electron chi connectivity index (χ0n) is 5.79. The first-order valence-corrected chi connectivity index (χ1v) is 4.23. The molecule has 0 unspecified atom stereocenters. The quantitative estimate of drug-likeness (QED) is 0.570. The zero-order valence-corrected chi connectivity index (χ0v) is 7.37. The molecule has 0 saturated carbocycles. The van der Waals surface area contributed by atoms with Crippen molar-refractivity contribution in [3.05, 3.63) is 29.8 Å². The van der Waals surface area contributed by atoms with Crippen molar-refractivity contribution in [3.63, 3.8) is 0 Å². The first-order valence-electron chi connectivity index (χ1n) is 3.11. The van der Waals surface area contributed by atoms with Gasteiger partial charge in [0.05, 0.1) is 0 Å². The number of hydrogen-bond donors (Lipinski definition) is 0. The molecule has 2 nitrogen and oxygen atoms in total. The van der Waals surface area contributed by atoms with Gasteiger partial charge in [-0.2, -0.15) is 0 Å². The van der Waals surface area contributed by atoms with Crippen molar-refractivity contribution in [3.8, 4) is 5.75 Å². The maximum atomic E-state index is 10.3. The maximum Gasteiger partial charge on any atom is 0.150 e. The highest BCUT2D eigenvalue weighted by Gasteiger charge is 1.92. The third-order valence-electron chi connectivity index (χ3n) is 1.22. The SMILES string of the molecule is O=Cc1cccc(OCBr)c1. The number of hydrogen-bond acceptors (Lipinski definition) is 2. The van der Waals surface area contributed by atoms with Crippen LogP contribution in [0.5, 0.6) is 5.75 Å². The van der Waals surface area contributed by atoms with E-state index in [1.165, 1.54) is 0 Å². The van der Waals surface area contributed by atoms with Crippen LogP contribution in [0.25, 0.3) is 0 Å². The molecule has 58 valence electrons. The summed E-state index contributed by atoms with van der Waals surface area (Å²) in [7, 11) is 0. The summed E-state index contributed by atoms with van der Waals surface area (Å²) in [5.41, 5.74) is 1.07. The van der Waals surface area contributed by atoms with Gasteiger partial charge < -0.3 is 4.74 Å². The van der Waals surface area contributed by atoms with Crippen LogP contribution in [0.15, 0.2) is 24.3 Å².